The Balaban J connectivity index is 1.44. The van der Waals surface area contributed by atoms with Gasteiger partial charge in [-0.3, -0.25) is 9.78 Å². The number of carbonyl (C=O) groups is 1. The summed E-state index contributed by atoms with van der Waals surface area (Å²) in [5.41, 5.74) is 1.53. The zero-order valence-corrected chi connectivity index (χ0v) is 16.4. The maximum Gasteiger partial charge on any atom is 0.255 e. The Morgan fingerprint density at radius 1 is 1.07 bits per heavy atom. The van der Waals surface area contributed by atoms with Crippen molar-refractivity contribution < 1.29 is 4.79 Å². The molecular weight excluding hydrogens is 410 g/mol. The van der Waals surface area contributed by atoms with Crippen molar-refractivity contribution in [2.24, 2.45) is 0 Å². The standard InChI is InChI=1S/C18H18BrN7O/c1-13-2-3-26(23-13)17-9-16(21-12-22-17)24-4-6-25(7-5-24)18(27)14-8-15(19)11-20-10-14/h2-3,8-12H,4-7H2,1H3. The van der Waals surface area contributed by atoms with Gasteiger partial charge in [0.1, 0.15) is 12.1 Å². The van der Waals surface area contributed by atoms with Crippen molar-refractivity contribution in [3.05, 3.63) is 58.8 Å². The Kier molecular flexibility index (Phi) is 4.85. The SMILES string of the molecule is Cc1ccn(-c2cc(N3CCN(C(=O)c4cncc(Br)c4)CC3)ncn2)n1. The molecule has 8 nitrogen and oxygen atoms in total. The molecule has 3 aromatic rings. The molecule has 1 fully saturated rings. The Morgan fingerprint density at radius 3 is 2.56 bits per heavy atom. The molecule has 0 N–H and O–H groups in total. The molecule has 0 saturated carbocycles. The number of hydrogen-bond acceptors (Lipinski definition) is 6. The quantitative estimate of drug-likeness (QED) is 0.636. The zero-order chi connectivity index (χ0) is 18.8. The van der Waals surface area contributed by atoms with Crippen LogP contribution in [0.3, 0.4) is 0 Å². The normalized spacial score (nSPS) is 14.4. The highest BCUT2D eigenvalue weighted by molar-refractivity contribution is 9.10. The van der Waals surface area contributed by atoms with Crippen LogP contribution in [0.1, 0.15) is 16.1 Å². The summed E-state index contributed by atoms with van der Waals surface area (Å²) in [5, 5.41) is 4.39. The van der Waals surface area contributed by atoms with Crippen LogP contribution in [-0.2, 0) is 0 Å². The number of piperazine rings is 1. The van der Waals surface area contributed by atoms with E-state index in [-0.39, 0.29) is 5.91 Å². The molecule has 4 rings (SSSR count). The van der Waals surface area contributed by atoms with Gasteiger partial charge in [0.25, 0.3) is 5.91 Å². The largest absolute Gasteiger partial charge is 0.353 e. The van der Waals surface area contributed by atoms with Gasteiger partial charge in [-0.15, -0.1) is 0 Å². The molecule has 0 aliphatic carbocycles. The molecule has 27 heavy (non-hydrogen) atoms. The summed E-state index contributed by atoms with van der Waals surface area (Å²) in [4.78, 5) is 29.4. The molecule has 0 atom stereocenters. The van der Waals surface area contributed by atoms with Gasteiger partial charge in [-0.25, -0.2) is 14.6 Å². The third kappa shape index (κ3) is 3.82. The topological polar surface area (TPSA) is 80.0 Å². The summed E-state index contributed by atoms with van der Waals surface area (Å²) in [6.45, 7) is 4.62. The Morgan fingerprint density at radius 2 is 1.85 bits per heavy atom. The van der Waals surface area contributed by atoms with Gasteiger partial charge in [0.15, 0.2) is 5.82 Å². The fourth-order valence-electron chi connectivity index (χ4n) is 3.03. The van der Waals surface area contributed by atoms with Crippen molar-refractivity contribution >= 4 is 27.7 Å². The molecule has 3 aromatic heterocycles. The van der Waals surface area contributed by atoms with Crippen molar-refractivity contribution in [3.63, 3.8) is 0 Å². The monoisotopic (exact) mass is 427 g/mol. The first kappa shape index (κ1) is 17.6. The second-order valence-electron chi connectivity index (χ2n) is 6.31. The second kappa shape index (κ2) is 7.43. The van der Waals surface area contributed by atoms with Gasteiger partial charge in [-0.05, 0) is 35.0 Å². The fourth-order valence-corrected chi connectivity index (χ4v) is 3.39. The van der Waals surface area contributed by atoms with Crippen LogP contribution >= 0.6 is 15.9 Å². The predicted molar refractivity (Wildman–Crippen MR) is 104 cm³/mol. The van der Waals surface area contributed by atoms with Crippen LogP contribution in [0.15, 0.2) is 47.6 Å². The molecule has 0 radical (unpaired) electrons. The number of hydrogen-bond donors (Lipinski definition) is 0. The number of anilines is 1. The van der Waals surface area contributed by atoms with E-state index >= 15 is 0 Å². The average molecular weight is 428 g/mol. The number of aryl methyl sites for hydroxylation is 1. The van der Waals surface area contributed by atoms with Crippen molar-refractivity contribution in [2.75, 3.05) is 31.1 Å². The van der Waals surface area contributed by atoms with Gasteiger partial charge in [0, 0.05) is 55.3 Å². The van der Waals surface area contributed by atoms with Crippen LogP contribution in [0.2, 0.25) is 0 Å². The number of rotatable bonds is 3. The number of amides is 1. The van der Waals surface area contributed by atoms with E-state index in [0.717, 1.165) is 21.8 Å². The van der Waals surface area contributed by atoms with Gasteiger partial charge in [0.05, 0.1) is 11.3 Å². The zero-order valence-electron chi connectivity index (χ0n) is 14.8. The summed E-state index contributed by atoms with van der Waals surface area (Å²) in [7, 11) is 0. The number of pyridine rings is 1. The van der Waals surface area contributed by atoms with Crippen LogP contribution < -0.4 is 4.90 Å². The van der Waals surface area contributed by atoms with Crippen molar-refractivity contribution in [2.45, 2.75) is 6.92 Å². The molecule has 9 heteroatoms. The highest BCUT2D eigenvalue weighted by Crippen LogP contribution is 2.18. The molecule has 1 amide bonds. The summed E-state index contributed by atoms with van der Waals surface area (Å²) in [6, 6.07) is 5.65. The van der Waals surface area contributed by atoms with E-state index < -0.39 is 0 Å². The number of carbonyl (C=O) groups excluding carboxylic acids is 1. The van der Waals surface area contributed by atoms with Gasteiger partial charge in [0.2, 0.25) is 0 Å². The van der Waals surface area contributed by atoms with E-state index in [1.165, 1.54) is 0 Å². The lowest BCUT2D eigenvalue weighted by Gasteiger charge is -2.35. The minimum Gasteiger partial charge on any atom is -0.353 e. The highest BCUT2D eigenvalue weighted by atomic mass is 79.9. The van der Waals surface area contributed by atoms with Gasteiger partial charge < -0.3 is 9.80 Å². The summed E-state index contributed by atoms with van der Waals surface area (Å²) < 4.78 is 2.54. The summed E-state index contributed by atoms with van der Waals surface area (Å²) >= 11 is 3.36. The lowest BCUT2D eigenvalue weighted by Crippen LogP contribution is -2.49. The van der Waals surface area contributed by atoms with E-state index in [1.807, 2.05) is 30.2 Å². The lowest BCUT2D eigenvalue weighted by atomic mass is 10.2. The maximum atomic E-state index is 12.6. The number of nitrogens with zero attached hydrogens (tertiary/aromatic N) is 7. The second-order valence-corrected chi connectivity index (χ2v) is 7.22. The van der Waals surface area contributed by atoms with Crippen LogP contribution in [0.5, 0.6) is 0 Å². The Hall–Kier alpha value is -2.81. The molecule has 0 aromatic carbocycles. The third-order valence-corrected chi connectivity index (χ3v) is 4.87. The first-order chi connectivity index (χ1) is 13.1. The van der Waals surface area contributed by atoms with Crippen LogP contribution in [-0.4, -0.2) is 61.7 Å². The Labute approximate surface area is 165 Å². The number of halogens is 1. The minimum atomic E-state index is -0.00107. The average Bonchev–Trinajstić information content (AvgIpc) is 3.14. The van der Waals surface area contributed by atoms with Crippen LogP contribution in [0.25, 0.3) is 5.82 Å². The van der Waals surface area contributed by atoms with E-state index in [1.54, 1.807) is 29.5 Å². The van der Waals surface area contributed by atoms with E-state index in [0.29, 0.717) is 31.7 Å². The molecule has 0 unspecified atom stereocenters. The van der Waals surface area contributed by atoms with Crippen LogP contribution in [0, 0.1) is 6.92 Å². The van der Waals surface area contributed by atoms with Crippen molar-refractivity contribution in [1.82, 2.24) is 29.6 Å². The van der Waals surface area contributed by atoms with E-state index in [2.05, 4.69) is 40.9 Å². The van der Waals surface area contributed by atoms with E-state index in [4.69, 9.17) is 0 Å². The summed E-state index contributed by atoms with van der Waals surface area (Å²) in [5.74, 6) is 1.56. The number of aromatic nitrogens is 5. The predicted octanol–water partition coefficient (Wildman–Crippen LogP) is 2.09. The maximum absolute atomic E-state index is 12.6. The van der Waals surface area contributed by atoms with Gasteiger partial charge in [-0.1, -0.05) is 0 Å². The van der Waals surface area contributed by atoms with Gasteiger partial charge >= 0.3 is 0 Å². The molecule has 1 saturated heterocycles. The molecule has 1 aliphatic heterocycles. The molecule has 1 aliphatic rings. The third-order valence-electron chi connectivity index (χ3n) is 4.44. The van der Waals surface area contributed by atoms with Crippen molar-refractivity contribution in [3.8, 4) is 5.82 Å². The molecule has 4 heterocycles. The molecule has 0 spiro atoms. The first-order valence-corrected chi connectivity index (χ1v) is 9.39. The summed E-state index contributed by atoms with van der Waals surface area (Å²) in [6.07, 6.45) is 6.70. The minimum absolute atomic E-state index is 0.00107. The molecule has 138 valence electrons. The molecule has 0 bridgehead atoms. The highest BCUT2D eigenvalue weighted by Gasteiger charge is 2.23. The van der Waals surface area contributed by atoms with E-state index in [9.17, 15) is 4.79 Å². The van der Waals surface area contributed by atoms with Crippen molar-refractivity contribution in [1.29, 1.82) is 0 Å². The lowest BCUT2D eigenvalue weighted by molar-refractivity contribution is 0.0746. The smallest absolute Gasteiger partial charge is 0.255 e. The molecular formula is C18H18BrN7O. The Bertz CT molecular complexity index is 966. The van der Waals surface area contributed by atoms with Crippen LogP contribution in [0.4, 0.5) is 5.82 Å². The first-order valence-electron chi connectivity index (χ1n) is 8.59. The fraction of sp³-hybridized carbons (Fsp3) is 0.278. The van der Waals surface area contributed by atoms with Gasteiger partial charge in [-0.2, -0.15) is 5.10 Å².